The van der Waals surface area contributed by atoms with Crippen LogP contribution >= 0.6 is 0 Å². The van der Waals surface area contributed by atoms with Crippen molar-refractivity contribution in [1.82, 2.24) is 14.7 Å². The molecule has 3 aromatic rings. The summed E-state index contributed by atoms with van der Waals surface area (Å²) in [4.78, 5) is 2.25. The SMILES string of the molecule is CCOC[C@@H](O)CN(Cc1c(C)nn(-c2ccccc2)c1Oc1ccccc1F)C1CC1. The van der Waals surface area contributed by atoms with Crippen LogP contribution in [0.4, 0.5) is 4.39 Å². The van der Waals surface area contributed by atoms with E-state index >= 15 is 0 Å². The van der Waals surface area contributed by atoms with Gasteiger partial charge in [-0.15, -0.1) is 0 Å². The number of aryl methyl sites for hydroxylation is 1. The Bertz CT molecular complexity index is 1020. The van der Waals surface area contributed by atoms with Gasteiger partial charge in [0.1, 0.15) is 0 Å². The zero-order chi connectivity index (χ0) is 22.5. The second-order valence-electron chi connectivity index (χ2n) is 8.12. The van der Waals surface area contributed by atoms with Crippen LogP contribution in [0, 0.1) is 12.7 Å². The van der Waals surface area contributed by atoms with E-state index in [1.807, 2.05) is 44.2 Å². The lowest BCUT2D eigenvalue weighted by Gasteiger charge is -2.25. The van der Waals surface area contributed by atoms with Gasteiger partial charge in [-0.2, -0.15) is 5.10 Å². The fourth-order valence-corrected chi connectivity index (χ4v) is 3.76. The van der Waals surface area contributed by atoms with Crippen molar-refractivity contribution in [1.29, 1.82) is 0 Å². The van der Waals surface area contributed by atoms with Crippen molar-refractivity contribution in [3.63, 3.8) is 0 Å². The summed E-state index contributed by atoms with van der Waals surface area (Å²) in [6.45, 7) is 5.78. The molecule has 1 atom stereocenters. The second kappa shape index (κ2) is 10.3. The fourth-order valence-electron chi connectivity index (χ4n) is 3.76. The van der Waals surface area contributed by atoms with E-state index in [4.69, 9.17) is 14.6 Å². The lowest BCUT2D eigenvalue weighted by atomic mass is 10.2. The Morgan fingerprint density at radius 1 is 1.16 bits per heavy atom. The van der Waals surface area contributed by atoms with Crippen molar-refractivity contribution in [3.05, 3.63) is 71.7 Å². The molecule has 0 bridgehead atoms. The van der Waals surface area contributed by atoms with Crippen LogP contribution in [0.5, 0.6) is 11.6 Å². The van der Waals surface area contributed by atoms with Crippen molar-refractivity contribution < 1.29 is 19.0 Å². The third-order valence-corrected chi connectivity index (χ3v) is 5.57. The van der Waals surface area contributed by atoms with Gasteiger partial charge in [0.2, 0.25) is 5.88 Å². The molecule has 7 heteroatoms. The standard InChI is InChI=1S/C25H30FN3O3/c1-3-31-17-21(30)15-28(19-13-14-19)16-22-18(2)27-29(20-9-5-4-6-10-20)25(22)32-24-12-8-7-11-23(24)26/h4-12,19,21,30H,3,13-17H2,1-2H3/t21-/m0/s1. The Kier molecular flexibility index (Phi) is 7.19. The molecule has 32 heavy (non-hydrogen) atoms. The summed E-state index contributed by atoms with van der Waals surface area (Å²) in [7, 11) is 0. The van der Waals surface area contributed by atoms with Gasteiger partial charge in [-0.1, -0.05) is 30.3 Å². The number of hydrogen-bond donors (Lipinski definition) is 1. The molecule has 6 nitrogen and oxygen atoms in total. The average Bonchev–Trinajstić information content (AvgIpc) is 3.60. The quantitative estimate of drug-likeness (QED) is 0.478. The third kappa shape index (κ3) is 5.35. The molecule has 170 valence electrons. The van der Waals surface area contributed by atoms with Crippen molar-refractivity contribution in [2.75, 3.05) is 19.8 Å². The summed E-state index contributed by atoms with van der Waals surface area (Å²) in [5, 5.41) is 15.2. The molecule has 1 fully saturated rings. The van der Waals surface area contributed by atoms with Crippen LogP contribution in [0.1, 0.15) is 31.0 Å². The number of ether oxygens (including phenoxy) is 2. The number of hydrogen-bond acceptors (Lipinski definition) is 5. The maximum absolute atomic E-state index is 14.4. The molecule has 0 spiro atoms. The molecule has 4 rings (SSSR count). The number of rotatable bonds is 11. The molecule has 0 radical (unpaired) electrons. The average molecular weight is 440 g/mol. The molecule has 0 aliphatic heterocycles. The highest BCUT2D eigenvalue weighted by Gasteiger charge is 2.32. The monoisotopic (exact) mass is 439 g/mol. The third-order valence-electron chi connectivity index (χ3n) is 5.57. The zero-order valence-electron chi connectivity index (χ0n) is 18.6. The molecule has 0 saturated heterocycles. The minimum Gasteiger partial charge on any atom is -0.435 e. The first kappa shape index (κ1) is 22.5. The largest absolute Gasteiger partial charge is 0.435 e. The molecule has 2 aromatic carbocycles. The van der Waals surface area contributed by atoms with Crippen molar-refractivity contribution in [2.24, 2.45) is 0 Å². The van der Waals surface area contributed by atoms with Crippen LogP contribution in [0.15, 0.2) is 54.6 Å². The summed E-state index contributed by atoms with van der Waals surface area (Å²) in [6.07, 6.45) is 1.61. The van der Waals surface area contributed by atoms with Gasteiger partial charge in [0.05, 0.1) is 29.7 Å². The van der Waals surface area contributed by atoms with E-state index in [2.05, 4.69) is 4.90 Å². The molecule has 1 aliphatic carbocycles. The maximum atomic E-state index is 14.4. The van der Waals surface area contributed by atoms with E-state index in [-0.39, 0.29) is 5.75 Å². The Balaban J connectivity index is 1.67. The van der Waals surface area contributed by atoms with E-state index < -0.39 is 11.9 Å². The Morgan fingerprint density at radius 3 is 2.56 bits per heavy atom. The van der Waals surface area contributed by atoms with Crippen LogP contribution < -0.4 is 4.74 Å². The first-order valence-electron chi connectivity index (χ1n) is 11.1. The number of aromatic nitrogens is 2. The Morgan fingerprint density at radius 2 is 1.88 bits per heavy atom. The summed E-state index contributed by atoms with van der Waals surface area (Å²) >= 11 is 0. The molecule has 1 saturated carbocycles. The second-order valence-corrected chi connectivity index (χ2v) is 8.12. The fraction of sp³-hybridized carbons (Fsp3) is 0.400. The molecule has 0 amide bonds. The number of halogens is 1. The minimum atomic E-state index is -0.573. The van der Waals surface area contributed by atoms with E-state index in [9.17, 15) is 9.50 Å². The van der Waals surface area contributed by atoms with Crippen molar-refractivity contribution >= 4 is 0 Å². The van der Waals surface area contributed by atoms with Crippen LogP contribution in [-0.4, -0.2) is 51.7 Å². The molecule has 0 unspecified atom stereocenters. The lowest BCUT2D eigenvalue weighted by molar-refractivity contribution is 0.0177. The van der Waals surface area contributed by atoms with Crippen molar-refractivity contribution in [3.8, 4) is 17.3 Å². The predicted octanol–water partition coefficient (Wildman–Crippen LogP) is 4.47. The van der Waals surface area contributed by atoms with Crippen LogP contribution in [0.25, 0.3) is 5.69 Å². The van der Waals surface area contributed by atoms with Crippen molar-refractivity contribution in [2.45, 2.75) is 45.4 Å². The molecule has 1 heterocycles. The van der Waals surface area contributed by atoms with Gasteiger partial charge < -0.3 is 14.6 Å². The summed E-state index contributed by atoms with van der Waals surface area (Å²) in [5.41, 5.74) is 2.53. The van der Waals surface area contributed by atoms with Crippen LogP contribution in [0.2, 0.25) is 0 Å². The Labute approximate surface area is 188 Å². The summed E-state index contributed by atoms with van der Waals surface area (Å²) in [5.74, 6) is 0.215. The van der Waals surface area contributed by atoms with Gasteiger partial charge >= 0.3 is 0 Å². The smallest absolute Gasteiger partial charge is 0.227 e. The number of aliphatic hydroxyl groups excluding tert-OH is 1. The summed E-state index contributed by atoms with van der Waals surface area (Å²) in [6, 6.07) is 16.5. The first-order valence-corrected chi connectivity index (χ1v) is 11.1. The van der Waals surface area contributed by atoms with Crippen LogP contribution in [-0.2, 0) is 11.3 Å². The molecular weight excluding hydrogens is 409 g/mol. The highest BCUT2D eigenvalue weighted by Crippen LogP contribution is 2.35. The van der Waals surface area contributed by atoms with E-state index in [0.717, 1.165) is 29.8 Å². The molecule has 1 N–H and O–H groups in total. The van der Waals surface area contributed by atoms with E-state index in [1.54, 1.807) is 22.9 Å². The Hall–Kier alpha value is -2.74. The molecular formula is C25H30FN3O3. The number of benzene rings is 2. The zero-order valence-corrected chi connectivity index (χ0v) is 18.6. The lowest BCUT2D eigenvalue weighted by Crippen LogP contribution is -2.36. The van der Waals surface area contributed by atoms with Gasteiger partial charge in [0.25, 0.3) is 0 Å². The van der Waals surface area contributed by atoms with Gasteiger partial charge in [0, 0.05) is 25.7 Å². The minimum absolute atomic E-state index is 0.153. The first-order chi connectivity index (χ1) is 15.6. The number of aliphatic hydroxyl groups is 1. The topological polar surface area (TPSA) is 59.8 Å². The van der Waals surface area contributed by atoms with Gasteiger partial charge in [-0.05, 0) is 51.0 Å². The van der Waals surface area contributed by atoms with Gasteiger partial charge in [-0.3, -0.25) is 4.90 Å². The molecule has 1 aliphatic rings. The highest BCUT2D eigenvalue weighted by atomic mass is 19.1. The maximum Gasteiger partial charge on any atom is 0.227 e. The van der Waals surface area contributed by atoms with Gasteiger partial charge in [-0.25, -0.2) is 9.07 Å². The highest BCUT2D eigenvalue weighted by molar-refractivity contribution is 5.43. The van der Waals surface area contributed by atoms with Gasteiger partial charge in [0.15, 0.2) is 11.6 Å². The van der Waals surface area contributed by atoms with E-state index in [0.29, 0.717) is 38.2 Å². The van der Waals surface area contributed by atoms with E-state index in [1.165, 1.54) is 6.07 Å². The van der Waals surface area contributed by atoms with Crippen LogP contribution in [0.3, 0.4) is 0 Å². The predicted molar refractivity (Wildman–Crippen MR) is 121 cm³/mol. The normalized spacial score (nSPS) is 14.7. The molecule has 1 aromatic heterocycles. The number of para-hydroxylation sites is 2. The summed E-state index contributed by atoms with van der Waals surface area (Å²) < 4.78 is 27.7. The number of nitrogens with zero attached hydrogens (tertiary/aromatic N) is 3.